The predicted octanol–water partition coefficient (Wildman–Crippen LogP) is 3.92. The highest BCUT2D eigenvalue weighted by atomic mass is 35.5. The second kappa shape index (κ2) is 9.51. The first kappa shape index (κ1) is 21.6. The van der Waals surface area contributed by atoms with E-state index in [1.54, 1.807) is 0 Å². The molecule has 0 spiro atoms. The molecule has 150 valence electrons. The van der Waals surface area contributed by atoms with Gasteiger partial charge in [0.05, 0.1) is 0 Å². The molecule has 7 heteroatoms. The van der Waals surface area contributed by atoms with Crippen molar-refractivity contribution in [3.05, 3.63) is 34.6 Å². The summed E-state index contributed by atoms with van der Waals surface area (Å²) < 4.78 is 20.0. The van der Waals surface area contributed by atoms with Crippen LogP contribution in [0.25, 0.3) is 0 Å². The van der Waals surface area contributed by atoms with Gasteiger partial charge in [-0.05, 0) is 56.1 Å². The Labute approximate surface area is 164 Å². The lowest BCUT2D eigenvalue weighted by Crippen LogP contribution is -2.52. The number of hydrogen-bond donors (Lipinski definition) is 1. The van der Waals surface area contributed by atoms with Gasteiger partial charge in [0.1, 0.15) is 11.4 Å². The predicted molar refractivity (Wildman–Crippen MR) is 101 cm³/mol. The molecular weight excluding hydrogens is 373 g/mol. The third kappa shape index (κ3) is 5.42. The molecule has 1 fully saturated rings. The molecule has 1 aliphatic carbocycles. The minimum absolute atomic E-state index is 0.0761. The number of benzene rings is 1. The second-order valence-corrected chi connectivity index (χ2v) is 7.54. The van der Waals surface area contributed by atoms with Crippen LogP contribution in [-0.4, -0.2) is 47.2 Å². The standard InChI is InChI=1S/C20H27ClFNO4/c1-3-23(4-2)13-15-7-5-6-10-20(15,27-19(26)18(24)25)12-14-11-16(21)8-9-17(14)22/h8-9,11,15H,3-7,10,12-13H2,1-2H3,(H,24,25)/t15-,20+/m0/s1. The molecular formula is C20H27ClFNO4. The van der Waals surface area contributed by atoms with Crippen LogP contribution in [0.3, 0.4) is 0 Å². The summed E-state index contributed by atoms with van der Waals surface area (Å²) in [6.45, 7) is 6.44. The molecule has 0 radical (unpaired) electrons. The molecule has 0 aliphatic heterocycles. The fourth-order valence-corrected chi connectivity index (χ4v) is 4.16. The molecule has 0 heterocycles. The Morgan fingerprint density at radius 2 is 2.04 bits per heavy atom. The third-order valence-electron chi connectivity index (χ3n) is 5.49. The van der Waals surface area contributed by atoms with Crippen LogP contribution in [0.1, 0.15) is 45.1 Å². The molecule has 1 aromatic rings. The summed E-state index contributed by atoms with van der Waals surface area (Å²) in [5, 5.41) is 9.46. The molecule has 27 heavy (non-hydrogen) atoms. The van der Waals surface area contributed by atoms with Gasteiger partial charge in [-0.3, -0.25) is 0 Å². The second-order valence-electron chi connectivity index (χ2n) is 7.10. The van der Waals surface area contributed by atoms with E-state index in [0.29, 0.717) is 23.6 Å². The van der Waals surface area contributed by atoms with Gasteiger partial charge in [-0.25, -0.2) is 14.0 Å². The number of halogens is 2. The molecule has 0 aromatic heterocycles. The number of nitrogens with zero attached hydrogens (tertiary/aromatic N) is 1. The zero-order valence-electron chi connectivity index (χ0n) is 15.8. The quantitative estimate of drug-likeness (QED) is 0.556. The zero-order valence-corrected chi connectivity index (χ0v) is 16.6. The maximum absolute atomic E-state index is 14.4. The lowest BCUT2D eigenvalue weighted by Gasteiger charge is -2.45. The molecule has 0 saturated heterocycles. The van der Waals surface area contributed by atoms with Crippen LogP contribution in [0.15, 0.2) is 18.2 Å². The fourth-order valence-electron chi connectivity index (χ4n) is 3.97. The summed E-state index contributed by atoms with van der Waals surface area (Å²) in [5.74, 6) is -3.43. The Morgan fingerprint density at radius 3 is 2.67 bits per heavy atom. The molecule has 2 rings (SSSR count). The van der Waals surface area contributed by atoms with E-state index < -0.39 is 23.4 Å². The maximum Gasteiger partial charge on any atom is 0.417 e. The molecule has 1 saturated carbocycles. The van der Waals surface area contributed by atoms with Crippen molar-refractivity contribution < 1.29 is 23.8 Å². The molecule has 1 aromatic carbocycles. The SMILES string of the molecule is CCN(CC)C[C@@H]1CCCC[C@]1(Cc1cc(Cl)ccc1F)OC(=O)C(=O)O. The number of carboxylic acids is 1. The van der Waals surface area contributed by atoms with Crippen molar-refractivity contribution in [1.29, 1.82) is 0 Å². The molecule has 2 atom stereocenters. The average molecular weight is 400 g/mol. The Bertz CT molecular complexity index is 680. The van der Waals surface area contributed by atoms with Crippen LogP contribution in [-0.2, 0) is 20.7 Å². The van der Waals surface area contributed by atoms with Gasteiger partial charge in [0.2, 0.25) is 0 Å². The zero-order chi connectivity index (χ0) is 20.0. The number of rotatable bonds is 7. The number of aliphatic carboxylic acids is 1. The largest absolute Gasteiger partial charge is 0.473 e. The fraction of sp³-hybridized carbons (Fsp3) is 0.600. The van der Waals surface area contributed by atoms with Crippen molar-refractivity contribution in [2.75, 3.05) is 19.6 Å². The highest BCUT2D eigenvalue weighted by Crippen LogP contribution is 2.41. The van der Waals surface area contributed by atoms with E-state index in [2.05, 4.69) is 4.90 Å². The van der Waals surface area contributed by atoms with Gasteiger partial charge < -0.3 is 14.7 Å². The summed E-state index contributed by atoms with van der Waals surface area (Å²) in [5.41, 5.74) is -0.714. The highest BCUT2D eigenvalue weighted by Gasteiger charge is 2.46. The Balaban J connectivity index is 2.41. The van der Waals surface area contributed by atoms with Gasteiger partial charge in [0, 0.05) is 23.9 Å². The van der Waals surface area contributed by atoms with Gasteiger partial charge in [0.15, 0.2) is 0 Å². The number of carbonyl (C=O) groups is 2. The van der Waals surface area contributed by atoms with E-state index in [1.165, 1.54) is 18.2 Å². The van der Waals surface area contributed by atoms with Crippen LogP contribution in [0.4, 0.5) is 4.39 Å². The van der Waals surface area contributed by atoms with Crippen molar-refractivity contribution in [3.8, 4) is 0 Å². The number of ether oxygens (including phenoxy) is 1. The van der Waals surface area contributed by atoms with Gasteiger partial charge in [0.25, 0.3) is 0 Å². The number of carbonyl (C=O) groups excluding carboxylic acids is 1. The lowest BCUT2D eigenvalue weighted by atomic mass is 9.71. The minimum Gasteiger partial charge on any atom is -0.473 e. The molecule has 0 amide bonds. The van der Waals surface area contributed by atoms with Crippen LogP contribution < -0.4 is 0 Å². The van der Waals surface area contributed by atoms with E-state index in [4.69, 9.17) is 21.4 Å². The van der Waals surface area contributed by atoms with Gasteiger partial charge in [-0.15, -0.1) is 0 Å². The molecule has 1 N–H and O–H groups in total. The molecule has 0 bridgehead atoms. The number of esters is 1. The van der Waals surface area contributed by atoms with Gasteiger partial charge in [-0.1, -0.05) is 31.9 Å². The Hall–Kier alpha value is -1.66. The van der Waals surface area contributed by atoms with E-state index in [9.17, 15) is 14.0 Å². The van der Waals surface area contributed by atoms with Crippen molar-refractivity contribution in [3.63, 3.8) is 0 Å². The first-order chi connectivity index (χ1) is 12.8. The summed E-state index contributed by atoms with van der Waals surface area (Å²) in [6, 6.07) is 4.27. The lowest BCUT2D eigenvalue weighted by molar-refractivity contribution is -0.183. The van der Waals surface area contributed by atoms with E-state index in [-0.39, 0.29) is 12.3 Å². The van der Waals surface area contributed by atoms with E-state index >= 15 is 0 Å². The molecule has 1 aliphatic rings. The third-order valence-corrected chi connectivity index (χ3v) is 5.72. The first-order valence-electron chi connectivity index (χ1n) is 9.43. The van der Waals surface area contributed by atoms with Crippen LogP contribution in [0.5, 0.6) is 0 Å². The summed E-state index contributed by atoms with van der Waals surface area (Å²) in [7, 11) is 0. The highest BCUT2D eigenvalue weighted by molar-refractivity contribution is 6.30. The maximum atomic E-state index is 14.4. The van der Waals surface area contributed by atoms with Crippen LogP contribution in [0.2, 0.25) is 5.02 Å². The van der Waals surface area contributed by atoms with Crippen molar-refractivity contribution in [1.82, 2.24) is 4.90 Å². The number of carboxylic acid groups (broad SMARTS) is 1. The smallest absolute Gasteiger partial charge is 0.417 e. The molecule has 0 unspecified atom stereocenters. The van der Waals surface area contributed by atoms with E-state index in [1.807, 2.05) is 13.8 Å². The van der Waals surface area contributed by atoms with Gasteiger partial charge >= 0.3 is 11.9 Å². The van der Waals surface area contributed by atoms with Crippen molar-refractivity contribution >= 4 is 23.5 Å². The van der Waals surface area contributed by atoms with Crippen LogP contribution in [0, 0.1) is 11.7 Å². The minimum atomic E-state index is -1.63. The first-order valence-corrected chi connectivity index (χ1v) is 9.81. The summed E-state index contributed by atoms with van der Waals surface area (Å²) in [4.78, 5) is 25.3. The topological polar surface area (TPSA) is 66.8 Å². The Morgan fingerprint density at radius 1 is 1.33 bits per heavy atom. The molecule has 5 nitrogen and oxygen atoms in total. The average Bonchev–Trinajstić information content (AvgIpc) is 2.64. The Kier molecular flexibility index (Phi) is 7.62. The van der Waals surface area contributed by atoms with Crippen molar-refractivity contribution in [2.45, 2.75) is 51.6 Å². The van der Waals surface area contributed by atoms with Crippen molar-refractivity contribution in [2.24, 2.45) is 5.92 Å². The normalized spacial score (nSPS) is 22.6. The van der Waals surface area contributed by atoms with E-state index in [0.717, 1.165) is 32.4 Å². The number of hydrogen-bond acceptors (Lipinski definition) is 4. The van der Waals surface area contributed by atoms with Crippen LogP contribution >= 0.6 is 11.6 Å². The van der Waals surface area contributed by atoms with Gasteiger partial charge in [-0.2, -0.15) is 0 Å². The summed E-state index contributed by atoms with van der Waals surface area (Å²) >= 11 is 6.02. The summed E-state index contributed by atoms with van der Waals surface area (Å²) in [6.07, 6.45) is 3.18. The monoisotopic (exact) mass is 399 g/mol.